The van der Waals surface area contributed by atoms with E-state index in [0.717, 1.165) is 51.4 Å². The van der Waals surface area contributed by atoms with Gasteiger partial charge in [-0.2, -0.15) is 0 Å². The number of aliphatic hydroxyl groups is 2. The third kappa shape index (κ3) is 44.4. The highest BCUT2D eigenvalue weighted by Gasteiger charge is 2.24. The third-order valence-corrected chi connectivity index (χ3v) is 12.2. The van der Waals surface area contributed by atoms with Crippen molar-refractivity contribution >= 4 is 11.9 Å². The third-order valence-electron chi connectivity index (χ3n) is 12.2. The Kier molecular flexibility index (Phi) is 48.1. The number of unbranched alkanes of at least 4 members (excludes halogenated alkanes) is 29. The van der Waals surface area contributed by atoms with Crippen molar-refractivity contribution in [3.8, 4) is 0 Å². The average molecular weight is 870 g/mol. The fourth-order valence-corrected chi connectivity index (χ4v) is 8.07. The van der Waals surface area contributed by atoms with E-state index in [1.807, 2.05) is 6.08 Å². The summed E-state index contributed by atoms with van der Waals surface area (Å²) in [5.74, 6) is -0.596. The van der Waals surface area contributed by atoms with Crippen molar-refractivity contribution < 1.29 is 24.5 Å². The van der Waals surface area contributed by atoms with Crippen molar-refractivity contribution in [3.05, 3.63) is 48.6 Å². The average Bonchev–Trinajstić information content (AvgIpc) is 3.26. The molecule has 0 saturated heterocycles. The van der Waals surface area contributed by atoms with Gasteiger partial charge in [-0.3, -0.25) is 9.59 Å². The first-order valence-electron chi connectivity index (χ1n) is 26.9. The van der Waals surface area contributed by atoms with Crippen molar-refractivity contribution in [1.29, 1.82) is 0 Å². The lowest BCUT2D eigenvalue weighted by Gasteiger charge is -2.24. The van der Waals surface area contributed by atoms with Crippen LogP contribution in [0.2, 0.25) is 0 Å². The van der Waals surface area contributed by atoms with Crippen LogP contribution in [0, 0.1) is 0 Å². The molecule has 0 aliphatic carbocycles. The van der Waals surface area contributed by atoms with Gasteiger partial charge >= 0.3 is 5.97 Å². The van der Waals surface area contributed by atoms with Crippen LogP contribution in [0.4, 0.5) is 0 Å². The van der Waals surface area contributed by atoms with Gasteiger partial charge < -0.3 is 20.3 Å². The quantitative estimate of drug-likeness (QED) is 0.0245. The zero-order valence-corrected chi connectivity index (χ0v) is 41.3. The molecule has 0 aliphatic heterocycles. The Labute approximate surface area is 385 Å². The summed E-state index contributed by atoms with van der Waals surface area (Å²) in [6, 6.07) is -0.726. The molecule has 0 aromatic carbocycles. The molecule has 0 fully saturated rings. The van der Waals surface area contributed by atoms with Crippen molar-refractivity contribution in [1.82, 2.24) is 5.32 Å². The van der Waals surface area contributed by atoms with E-state index in [9.17, 15) is 19.8 Å². The molecule has 0 spiro atoms. The van der Waals surface area contributed by atoms with Gasteiger partial charge in [0.25, 0.3) is 0 Å². The second kappa shape index (κ2) is 49.8. The largest absolute Gasteiger partial charge is 0.462 e. The molecule has 1 amide bonds. The van der Waals surface area contributed by atoms with Gasteiger partial charge in [0.1, 0.15) is 6.10 Å². The molecule has 6 nitrogen and oxygen atoms in total. The van der Waals surface area contributed by atoms with E-state index >= 15 is 0 Å². The lowest BCUT2D eigenvalue weighted by atomic mass is 10.0. The maximum absolute atomic E-state index is 13.2. The van der Waals surface area contributed by atoms with Crippen LogP contribution in [0.1, 0.15) is 271 Å². The smallest absolute Gasteiger partial charge is 0.306 e. The van der Waals surface area contributed by atoms with Crippen LogP contribution in [0.3, 0.4) is 0 Å². The van der Waals surface area contributed by atoms with Gasteiger partial charge in [-0.05, 0) is 64.2 Å². The summed E-state index contributed by atoms with van der Waals surface area (Å²) in [5, 5.41) is 23.8. The van der Waals surface area contributed by atoms with Crippen molar-refractivity contribution in [3.63, 3.8) is 0 Å². The molecular formula is C56H103NO5. The molecule has 0 rings (SSSR count). The maximum Gasteiger partial charge on any atom is 0.306 e. The van der Waals surface area contributed by atoms with E-state index in [2.05, 4.69) is 68.6 Å². The molecule has 3 unspecified atom stereocenters. The Morgan fingerprint density at radius 2 is 0.887 bits per heavy atom. The van der Waals surface area contributed by atoms with Gasteiger partial charge in [-0.1, -0.05) is 243 Å². The fourth-order valence-electron chi connectivity index (χ4n) is 8.07. The first-order chi connectivity index (χ1) is 30.5. The Bertz CT molecular complexity index is 1070. The van der Waals surface area contributed by atoms with Gasteiger partial charge in [-0.15, -0.1) is 0 Å². The number of hydrogen-bond donors (Lipinski definition) is 3. The number of rotatable bonds is 48. The van der Waals surface area contributed by atoms with E-state index in [-0.39, 0.29) is 31.3 Å². The maximum atomic E-state index is 13.2. The van der Waals surface area contributed by atoms with E-state index in [0.29, 0.717) is 19.3 Å². The molecule has 62 heavy (non-hydrogen) atoms. The summed E-state index contributed by atoms with van der Waals surface area (Å²) < 4.78 is 5.87. The summed E-state index contributed by atoms with van der Waals surface area (Å²) in [6.45, 7) is 6.46. The molecule has 362 valence electrons. The van der Waals surface area contributed by atoms with Gasteiger partial charge in [0.15, 0.2) is 0 Å². The van der Waals surface area contributed by atoms with Gasteiger partial charge in [0.05, 0.1) is 25.2 Å². The van der Waals surface area contributed by atoms with Crippen LogP contribution in [-0.2, 0) is 14.3 Å². The number of allylic oxidation sites excluding steroid dienone is 8. The zero-order valence-electron chi connectivity index (χ0n) is 41.3. The van der Waals surface area contributed by atoms with Crippen LogP contribution < -0.4 is 5.32 Å². The fraction of sp³-hybridized carbons (Fsp3) is 0.821. The monoisotopic (exact) mass is 870 g/mol. The van der Waals surface area contributed by atoms with E-state index in [1.165, 1.54) is 167 Å². The van der Waals surface area contributed by atoms with Crippen LogP contribution in [0.15, 0.2) is 48.6 Å². The summed E-state index contributed by atoms with van der Waals surface area (Å²) in [7, 11) is 0. The van der Waals surface area contributed by atoms with Crippen LogP contribution in [0.5, 0.6) is 0 Å². The molecule has 0 saturated carbocycles. The SMILES string of the molecule is CCCCCCCC/C=C\C/C=C/CCC(=O)OC(CCC/C=C/C=C/CCCCCCCCC)CC(=O)NC(CO)C(O)CCCCCCCCCCCCCCCCCC. The first-order valence-corrected chi connectivity index (χ1v) is 26.9. The summed E-state index contributed by atoms with van der Waals surface area (Å²) >= 11 is 0. The summed E-state index contributed by atoms with van der Waals surface area (Å²) in [5.41, 5.74) is 0. The Morgan fingerprint density at radius 1 is 0.484 bits per heavy atom. The molecule has 0 aromatic heterocycles. The van der Waals surface area contributed by atoms with E-state index in [4.69, 9.17) is 4.74 Å². The highest BCUT2D eigenvalue weighted by atomic mass is 16.5. The molecular weight excluding hydrogens is 767 g/mol. The highest BCUT2D eigenvalue weighted by Crippen LogP contribution is 2.17. The minimum atomic E-state index is -0.808. The van der Waals surface area contributed by atoms with E-state index < -0.39 is 18.2 Å². The van der Waals surface area contributed by atoms with Gasteiger partial charge in [0, 0.05) is 6.42 Å². The van der Waals surface area contributed by atoms with Crippen molar-refractivity contribution in [2.75, 3.05) is 6.61 Å². The normalized spacial score (nSPS) is 13.6. The minimum absolute atomic E-state index is 0.0231. The second-order valence-corrected chi connectivity index (χ2v) is 18.3. The predicted octanol–water partition coefficient (Wildman–Crippen LogP) is 16.2. The Morgan fingerprint density at radius 3 is 1.35 bits per heavy atom. The van der Waals surface area contributed by atoms with Crippen molar-refractivity contribution in [2.45, 2.75) is 289 Å². The zero-order chi connectivity index (χ0) is 45.2. The number of esters is 1. The first kappa shape index (κ1) is 59.8. The Hall–Kier alpha value is -2.18. The molecule has 0 heterocycles. The molecule has 3 N–H and O–H groups in total. The Balaban J connectivity index is 4.65. The summed E-state index contributed by atoms with van der Waals surface area (Å²) in [6.07, 6.45) is 60.5. The molecule has 0 radical (unpaired) electrons. The lowest BCUT2D eigenvalue weighted by molar-refractivity contribution is -0.150. The molecule has 0 bridgehead atoms. The summed E-state index contributed by atoms with van der Waals surface area (Å²) in [4.78, 5) is 26.1. The van der Waals surface area contributed by atoms with Crippen molar-refractivity contribution in [2.24, 2.45) is 0 Å². The number of amides is 1. The van der Waals surface area contributed by atoms with Crippen LogP contribution in [0.25, 0.3) is 0 Å². The number of carbonyl (C=O) groups excluding carboxylic acids is 2. The van der Waals surface area contributed by atoms with Gasteiger partial charge in [0.2, 0.25) is 5.91 Å². The molecule has 0 aromatic rings. The minimum Gasteiger partial charge on any atom is -0.462 e. The lowest BCUT2D eigenvalue weighted by Crippen LogP contribution is -2.46. The van der Waals surface area contributed by atoms with Gasteiger partial charge in [-0.25, -0.2) is 0 Å². The topological polar surface area (TPSA) is 95.9 Å². The highest BCUT2D eigenvalue weighted by molar-refractivity contribution is 5.77. The number of hydrogen-bond acceptors (Lipinski definition) is 5. The second-order valence-electron chi connectivity index (χ2n) is 18.3. The number of aliphatic hydroxyl groups excluding tert-OH is 2. The molecule has 0 aliphatic rings. The predicted molar refractivity (Wildman–Crippen MR) is 269 cm³/mol. The van der Waals surface area contributed by atoms with Crippen LogP contribution in [-0.4, -0.2) is 46.9 Å². The number of nitrogens with one attached hydrogen (secondary N) is 1. The number of carbonyl (C=O) groups is 2. The molecule has 6 heteroatoms. The molecule has 3 atom stereocenters. The van der Waals surface area contributed by atoms with Crippen LogP contribution >= 0.6 is 0 Å². The van der Waals surface area contributed by atoms with E-state index in [1.54, 1.807) is 0 Å². The number of ether oxygens (including phenoxy) is 1. The standard InChI is InChI=1S/C56H103NO5/c1-4-7-10-13-16-19-22-25-27-28-31-33-36-39-42-45-48-54(59)53(51-58)57-55(60)50-52(47-44-41-38-35-32-30-26-23-20-17-14-11-8-5-2)62-56(61)49-46-43-40-37-34-29-24-21-18-15-12-9-6-3/h29-30,32,34-35,38,40,43,52-54,58-59H,4-28,31,33,36-37,39,41-42,44-51H2,1-3H3,(H,57,60)/b32-30+,34-29-,38-35+,43-40+.